The first kappa shape index (κ1) is 15.0. The zero-order chi connectivity index (χ0) is 14.7. The standard InChI is InChI=1S/C17H21ClN2S/c1-13-3-5-14(6-4-13)17(15-7-8-16(18)21-15)20-11-2-9-19-10-12-20/h3-8,17,19H,2,9-12H2,1H3. The number of hydrogen-bond acceptors (Lipinski definition) is 3. The van der Waals surface area contributed by atoms with Crippen molar-refractivity contribution in [1.82, 2.24) is 10.2 Å². The lowest BCUT2D eigenvalue weighted by Crippen LogP contribution is -2.32. The molecule has 3 rings (SSSR count). The van der Waals surface area contributed by atoms with Crippen molar-refractivity contribution in [3.63, 3.8) is 0 Å². The van der Waals surface area contributed by atoms with Gasteiger partial charge in [0.1, 0.15) is 0 Å². The first-order chi connectivity index (χ1) is 10.2. The van der Waals surface area contributed by atoms with E-state index >= 15 is 0 Å². The molecule has 1 N–H and O–H groups in total. The van der Waals surface area contributed by atoms with Crippen molar-refractivity contribution in [3.8, 4) is 0 Å². The summed E-state index contributed by atoms with van der Waals surface area (Å²) in [5.74, 6) is 0. The van der Waals surface area contributed by atoms with Gasteiger partial charge in [-0.1, -0.05) is 41.4 Å². The molecule has 0 bridgehead atoms. The van der Waals surface area contributed by atoms with Crippen LogP contribution < -0.4 is 5.32 Å². The molecule has 0 spiro atoms. The zero-order valence-electron chi connectivity index (χ0n) is 12.3. The predicted octanol–water partition coefficient (Wildman–Crippen LogP) is 4.09. The number of halogens is 1. The van der Waals surface area contributed by atoms with Crippen molar-refractivity contribution < 1.29 is 0 Å². The van der Waals surface area contributed by atoms with Crippen LogP contribution in [0, 0.1) is 6.92 Å². The van der Waals surface area contributed by atoms with Crippen molar-refractivity contribution in [1.29, 1.82) is 0 Å². The molecule has 2 aromatic rings. The Morgan fingerprint density at radius 3 is 2.62 bits per heavy atom. The molecule has 1 atom stereocenters. The van der Waals surface area contributed by atoms with Gasteiger partial charge in [-0.3, -0.25) is 4.90 Å². The minimum Gasteiger partial charge on any atom is -0.315 e. The number of thiophene rings is 1. The van der Waals surface area contributed by atoms with E-state index in [2.05, 4.69) is 47.5 Å². The van der Waals surface area contributed by atoms with Gasteiger partial charge in [-0.2, -0.15) is 0 Å². The number of rotatable bonds is 3. The molecule has 0 radical (unpaired) electrons. The molecule has 1 unspecified atom stereocenters. The second kappa shape index (κ2) is 6.93. The summed E-state index contributed by atoms with van der Waals surface area (Å²) in [4.78, 5) is 3.91. The Hall–Kier alpha value is -0.870. The molecule has 1 saturated heterocycles. The lowest BCUT2D eigenvalue weighted by Gasteiger charge is -2.30. The third kappa shape index (κ3) is 3.67. The summed E-state index contributed by atoms with van der Waals surface area (Å²) in [6.45, 7) is 6.51. The Bertz CT molecular complexity index is 571. The molecule has 0 aliphatic carbocycles. The summed E-state index contributed by atoms with van der Waals surface area (Å²) >= 11 is 7.87. The van der Waals surface area contributed by atoms with Crippen LogP contribution in [-0.4, -0.2) is 31.1 Å². The van der Waals surface area contributed by atoms with Gasteiger partial charge < -0.3 is 5.32 Å². The summed E-state index contributed by atoms with van der Waals surface area (Å²) < 4.78 is 0.870. The normalized spacial score (nSPS) is 18.4. The number of hydrogen-bond donors (Lipinski definition) is 1. The molecule has 112 valence electrons. The Morgan fingerprint density at radius 1 is 1.10 bits per heavy atom. The van der Waals surface area contributed by atoms with Crippen molar-refractivity contribution >= 4 is 22.9 Å². The van der Waals surface area contributed by atoms with Crippen LogP contribution in [0.15, 0.2) is 36.4 Å². The van der Waals surface area contributed by atoms with Gasteiger partial charge in [0.25, 0.3) is 0 Å². The van der Waals surface area contributed by atoms with Crippen LogP contribution in [0.4, 0.5) is 0 Å². The molecule has 4 heteroatoms. The molecule has 0 amide bonds. The highest BCUT2D eigenvalue weighted by atomic mass is 35.5. The van der Waals surface area contributed by atoms with Crippen molar-refractivity contribution in [2.45, 2.75) is 19.4 Å². The average Bonchev–Trinajstić information content (AvgIpc) is 2.74. The molecular formula is C17H21ClN2S. The van der Waals surface area contributed by atoms with E-state index < -0.39 is 0 Å². The Morgan fingerprint density at radius 2 is 1.90 bits per heavy atom. The van der Waals surface area contributed by atoms with Crippen LogP contribution in [0.3, 0.4) is 0 Å². The predicted molar refractivity (Wildman–Crippen MR) is 91.4 cm³/mol. The van der Waals surface area contributed by atoms with E-state index in [1.165, 1.54) is 22.4 Å². The number of benzene rings is 1. The minimum absolute atomic E-state index is 0.322. The molecule has 1 aromatic heterocycles. The summed E-state index contributed by atoms with van der Waals surface area (Å²) in [6, 6.07) is 13.4. The minimum atomic E-state index is 0.322. The Labute approximate surface area is 135 Å². The largest absolute Gasteiger partial charge is 0.315 e. The highest BCUT2D eigenvalue weighted by Gasteiger charge is 2.24. The second-order valence-electron chi connectivity index (χ2n) is 5.59. The van der Waals surface area contributed by atoms with Gasteiger partial charge in [-0.05, 0) is 37.6 Å². The molecule has 1 aliphatic rings. The fraction of sp³-hybridized carbons (Fsp3) is 0.412. The van der Waals surface area contributed by atoms with Crippen molar-refractivity contribution in [2.24, 2.45) is 0 Å². The van der Waals surface area contributed by atoms with Crippen molar-refractivity contribution in [3.05, 3.63) is 56.7 Å². The van der Waals surface area contributed by atoms with E-state index in [-0.39, 0.29) is 0 Å². The van der Waals surface area contributed by atoms with E-state index in [1.54, 1.807) is 11.3 Å². The summed E-state index contributed by atoms with van der Waals surface area (Å²) in [5, 5.41) is 3.49. The van der Waals surface area contributed by atoms with Gasteiger partial charge in [0.15, 0.2) is 0 Å². The first-order valence-electron chi connectivity index (χ1n) is 7.50. The lowest BCUT2D eigenvalue weighted by atomic mass is 10.0. The summed E-state index contributed by atoms with van der Waals surface area (Å²) in [6.07, 6.45) is 1.20. The topological polar surface area (TPSA) is 15.3 Å². The maximum atomic E-state index is 6.18. The molecule has 2 nitrogen and oxygen atoms in total. The summed E-state index contributed by atoms with van der Waals surface area (Å²) in [7, 11) is 0. The maximum Gasteiger partial charge on any atom is 0.0931 e. The van der Waals surface area contributed by atoms with Gasteiger partial charge in [0.2, 0.25) is 0 Å². The number of nitrogens with one attached hydrogen (secondary N) is 1. The fourth-order valence-electron chi connectivity index (χ4n) is 2.90. The molecule has 21 heavy (non-hydrogen) atoms. The number of nitrogens with zero attached hydrogens (tertiary/aromatic N) is 1. The third-order valence-electron chi connectivity index (χ3n) is 4.00. The number of aryl methyl sites for hydroxylation is 1. The van der Waals surface area contributed by atoms with E-state index in [4.69, 9.17) is 11.6 Å². The summed E-state index contributed by atoms with van der Waals surface area (Å²) in [5.41, 5.74) is 2.67. The molecule has 2 heterocycles. The van der Waals surface area contributed by atoms with Gasteiger partial charge in [0.05, 0.1) is 10.4 Å². The second-order valence-corrected chi connectivity index (χ2v) is 7.34. The van der Waals surface area contributed by atoms with E-state index in [9.17, 15) is 0 Å². The maximum absolute atomic E-state index is 6.18. The van der Waals surface area contributed by atoms with Crippen LogP contribution in [0.5, 0.6) is 0 Å². The highest BCUT2D eigenvalue weighted by molar-refractivity contribution is 7.16. The highest BCUT2D eigenvalue weighted by Crippen LogP contribution is 2.35. The van der Waals surface area contributed by atoms with Crippen LogP contribution in [0.2, 0.25) is 4.34 Å². The van der Waals surface area contributed by atoms with Crippen LogP contribution in [0.25, 0.3) is 0 Å². The third-order valence-corrected chi connectivity index (χ3v) is 5.28. The van der Waals surface area contributed by atoms with Gasteiger partial charge in [-0.25, -0.2) is 0 Å². The smallest absolute Gasteiger partial charge is 0.0931 e. The van der Waals surface area contributed by atoms with E-state index in [1.807, 2.05) is 6.07 Å². The molecular weight excluding hydrogens is 300 g/mol. The van der Waals surface area contributed by atoms with E-state index in [0.717, 1.165) is 30.5 Å². The average molecular weight is 321 g/mol. The molecule has 1 fully saturated rings. The zero-order valence-corrected chi connectivity index (χ0v) is 13.9. The Balaban J connectivity index is 1.95. The van der Waals surface area contributed by atoms with Crippen LogP contribution in [-0.2, 0) is 0 Å². The quantitative estimate of drug-likeness (QED) is 0.916. The van der Waals surface area contributed by atoms with Crippen LogP contribution in [0.1, 0.15) is 28.5 Å². The first-order valence-corrected chi connectivity index (χ1v) is 8.70. The van der Waals surface area contributed by atoms with Gasteiger partial charge >= 0.3 is 0 Å². The van der Waals surface area contributed by atoms with Crippen LogP contribution >= 0.6 is 22.9 Å². The monoisotopic (exact) mass is 320 g/mol. The fourth-order valence-corrected chi connectivity index (χ4v) is 4.13. The lowest BCUT2D eigenvalue weighted by molar-refractivity contribution is 0.244. The molecule has 1 aliphatic heterocycles. The van der Waals surface area contributed by atoms with Gasteiger partial charge in [-0.15, -0.1) is 11.3 Å². The van der Waals surface area contributed by atoms with E-state index in [0.29, 0.717) is 6.04 Å². The SMILES string of the molecule is Cc1ccc(C(c2ccc(Cl)s2)N2CCCNCC2)cc1. The molecule has 0 saturated carbocycles. The Kier molecular flexibility index (Phi) is 4.96. The van der Waals surface area contributed by atoms with Gasteiger partial charge in [0, 0.05) is 24.5 Å². The molecule has 1 aromatic carbocycles. The van der Waals surface area contributed by atoms with Crippen molar-refractivity contribution in [2.75, 3.05) is 26.2 Å².